The zero-order chi connectivity index (χ0) is 14.5. The van der Waals surface area contributed by atoms with Gasteiger partial charge in [0.05, 0.1) is 23.9 Å². The van der Waals surface area contributed by atoms with E-state index in [0.29, 0.717) is 5.56 Å². The van der Waals surface area contributed by atoms with Crippen molar-refractivity contribution in [1.29, 1.82) is 0 Å². The second kappa shape index (κ2) is 4.46. The van der Waals surface area contributed by atoms with Crippen molar-refractivity contribution in [2.75, 3.05) is 6.54 Å². The number of β-lactam (4-membered cyclic amide) rings is 1. The summed E-state index contributed by atoms with van der Waals surface area (Å²) in [6.45, 7) is 1.69. The first kappa shape index (κ1) is 13.4. The van der Waals surface area contributed by atoms with Crippen LogP contribution in [-0.2, 0) is 14.3 Å². The number of nitrogens with zero attached hydrogens (tertiary/aromatic N) is 2. The Morgan fingerprint density at radius 2 is 2.20 bits per heavy atom. The molecule has 1 aromatic heterocycles. The number of pyridine rings is 1. The smallest absolute Gasteiger partial charge is 0.326 e. The van der Waals surface area contributed by atoms with Gasteiger partial charge in [-0.3, -0.25) is 14.6 Å². The summed E-state index contributed by atoms with van der Waals surface area (Å²) in [5, 5.41) is 19.0. The van der Waals surface area contributed by atoms with Crippen LogP contribution in [0.25, 0.3) is 0 Å². The quantitative estimate of drug-likeness (QED) is 0.778. The fourth-order valence-corrected chi connectivity index (χ4v) is 4.60. The van der Waals surface area contributed by atoms with Crippen LogP contribution in [0.2, 0.25) is 0 Å². The van der Waals surface area contributed by atoms with E-state index in [9.17, 15) is 19.8 Å². The first-order valence-electron chi connectivity index (χ1n) is 6.27. The monoisotopic (exact) mass is 294 g/mol. The summed E-state index contributed by atoms with van der Waals surface area (Å²) in [4.78, 5) is 29.2. The average Bonchev–Trinajstić information content (AvgIpc) is 2.76. The van der Waals surface area contributed by atoms with E-state index in [1.165, 1.54) is 16.7 Å². The molecule has 3 heterocycles. The predicted octanol–water partition coefficient (Wildman–Crippen LogP) is 0.274. The Hall–Kier alpha value is -1.60. The Bertz CT molecular complexity index is 565. The lowest BCUT2D eigenvalue weighted by Gasteiger charge is -2.42. The number of hydrogen-bond donors (Lipinski definition) is 2. The highest BCUT2D eigenvalue weighted by molar-refractivity contribution is 8.02. The molecule has 0 spiro atoms. The fourth-order valence-electron chi connectivity index (χ4n) is 2.81. The van der Waals surface area contributed by atoms with Crippen molar-refractivity contribution in [3.63, 3.8) is 0 Å². The van der Waals surface area contributed by atoms with Crippen LogP contribution in [0.5, 0.6) is 0 Å². The lowest BCUT2D eigenvalue weighted by Crippen LogP contribution is -2.60. The van der Waals surface area contributed by atoms with Crippen LogP contribution in [0.3, 0.4) is 0 Å². The Morgan fingerprint density at radius 1 is 1.55 bits per heavy atom. The number of carboxylic acids is 1. The molecule has 0 aromatic carbocycles. The highest BCUT2D eigenvalue weighted by atomic mass is 32.2. The number of carbonyl (C=O) groups is 2. The first-order chi connectivity index (χ1) is 9.47. The van der Waals surface area contributed by atoms with Gasteiger partial charge in [-0.15, -0.1) is 11.8 Å². The zero-order valence-electron chi connectivity index (χ0n) is 10.8. The van der Waals surface area contributed by atoms with Crippen LogP contribution in [-0.4, -0.2) is 50.0 Å². The molecule has 1 unspecified atom stereocenters. The first-order valence-corrected chi connectivity index (χ1v) is 7.15. The molecular formula is C13H14N2O4S. The number of thioether (sulfide) groups is 1. The lowest BCUT2D eigenvalue weighted by molar-refractivity contribution is -0.156. The van der Waals surface area contributed by atoms with Crippen molar-refractivity contribution >= 4 is 23.6 Å². The Morgan fingerprint density at radius 3 is 2.75 bits per heavy atom. The van der Waals surface area contributed by atoms with E-state index in [1.807, 2.05) is 0 Å². The Balaban J connectivity index is 1.97. The second-order valence-electron chi connectivity index (χ2n) is 5.11. The number of hydrogen-bond acceptors (Lipinski definition) is 5. The molecule has 1 aromatic rings. The minimum Gasteiger partial charge on any atom is -0.480 e. The molecule has 2 fully saturated rings. The number of aliphatic hydroxyl groups is 1. The van der Waals surface area contributed by atoms with E-state index in [4.69, 9.17) is 0 Å². The van der Waals surface area contributed by atoms with Gasteiger partial charge >= 0.3 is 5.97 Å². The molecule has 7 heteroatoms. The van der Waals surface area contributed by atoms with E-state index in [2.05, 4.69) is 4.98 Å². The standard InChI is InChI=1S/C13H14N2O4S/c1-7(16)9-10(17)15-6-13(12(18)19,20-11(9)15)8-2-4-14-5-3-8/h2-5,7,9,11,16H,6H2,1H3,(H,18,19)/t7-,9+,11-,13?/m1/s1. The van der Waals surface area contributed by atoms with Crippen molar-refractivity contribution in [3.8, 4) is 0 Å². The van der Waals surface area contributed by atoms with Crippen molar-refractivity contribution in [2.45, 2.75) is 23.1 Å². The SMILES string of the molecule is C[C@@H](O)[C@H]1C(=O)N2CC(C(=O)O)(c3ccncc3)S[C@H]12. The molecule has 1 amide bonds. The molecule has 2 aliphatic heterocycles. The van der Waals surface area contributed by atoms with Gasteiger partial charge in [-0.25, -0.2) is 0 Å². The van der Waals surface area contributed by atoms with E-state index in [-0.39, 0.29) is 17.8 Å². The molecule has 6 nitrogen and oxygen atoms in total. The molecule has 0 saturated carbocycles. The van der Waals surface area contributed by atoms with Gasteiger partial charge in [0.25, 0.3) is 0 Å². The van der Waals surface area contributed by atoms with Crippen molar-refractivity contribution in [3.05, 3.63) is 30.1 Å². The molecule has 0 radical (unpaired) electrons. The molecule has 3 rings (SSSR count). The zero-order valence-corrected chi connectivity index (χ0v) is 11.6. The maximum atomic E-state index is 12.0. The van der Waals surface area contributed by atoms with E-state index >= 15 is 0 Å². The number of aliphatic carboxylic acids is 1. The normalized spacial score (nSPS) is 33.5. The summed E-state index contributed by atoms with van der Waals surface area (Å²) < 4.78 is -1.17. The van der Waals surface area contributed by atoms with E-state index in [0.717, 1.165) is 0 Å². The van der Waals surface area contributed by atoms with Gasteiger partial charge in [0.1, 0.15) is 0 Å². The maximum absolute atomic E-state index is 12.0. The van der Waals surface area contributed by atoms with Crippen molar-refractivity contribution in [2.24, 2.45) is 5.92 Å². The summed E-state index contributed by atoms with van der Waals surface area (Å²) in [6.07, 6.45) is 2.33. The van der Waals surface area contributed by atoms with Gasteiger partial charge in [0.2, 0.25) is 5.91 Å². The largest absolute Gasteiger partial charge is 0.480 e. The van der Waals surface area contributed by atoms with Gasteiger partial charge in [0, 0.05) is 12.4 Å². The van der Waals surface area contributed by atoms with E-state index in [1.54, 1.807) is 31.5 Å². The lowest BCUT2D eigenvalue weighted by atomic mass is 9.90. The number of rotatable bonds is 3. The topological polar surface area (TPSA) is 90.7 Å². The Kier molecular flexibility index (Phi) is 2.98. The van der Waals surface area contributed by atoms with Gasteiger partial charge in [-0.1, -0.05) is 0 Å². The second-order valence-corrected chi connectivity index (χ2v) is 6.52. The summed E-state index contributed by atoms with van der Waals surface area (Å²) in [7, 11) is 0. The maximum Gasteiger partial charge on any atom is 0.326 e. The third-order valence-electron chi connectivity index (χ3n) is 3.91. The number of amides is 1. The predicted molar refractivity (Wildman–Crippen MR) is 71.8 cm³/mol. The van der Waals surface area contributed by atoms with Gasteiger partial charge < -0.3 is 15.1 Å². The summed E-state index contributed by atoms with van der Waals surface area (Å²) in [6, 6.07) is 3.32. The number of aromatic nitrogens is 1. The third-order valence-corrected chi connectivity index (χ3v) is 5.64. The number of fused-ring (bicyclic) bond motifs is 1. The number of carboxylic acid groups (broad SMARTS) is 1. The summed E-state index contributed by atoms with van der Waals surface area (Å²) >= 11 is 1.23. The molecule has 0 bridgehead atoms. The Labute approximate surface area is 119 Å². The number of aliphatic hydroxyl groups excluding tert-OH is 1. The van der Waals surface area contributed by atoms with Gasteiger partial charge in [-0.2, -0.15) is 0 Å². The third kappa shape index (κ3) is 1.66. The summed E-state index contributed by atoms with van der Waals surface area (Å²) in [5.74, 6) is -1.65. The summed E-state index contributed by atoms with van der Waals surface area (Å²) in [5.41, 5.74) is 0.622. The molecule has 20 heavy (non-hydrogen) atoms. The van der Waals surface area contributed by atoms with Crippen LogP contribution in [0.1, 0.15) is 12.5 Å². The average molecular weight is 294 g/mol. The fraction of sp³-hybridized carbons (Fsp3) is 0.462. The van der Waals surface area contributed by atoms with Crippen molar-refractivity contribution < 1.29 is 19.8 Å². The molecule has 4 atom stereocenters. The molecule has 2 N–H and O–H groups in total. The van der Waals surface area contributed by atoms with Gasteiger partial charge in [0.15, 0.2) is 4.75 Å². The highest BCUT2D eigenvalue weighted by Crippen LogP contribution is 2.55. The molecule has 106 valence electrons. The van der Waals surface area contributed by atoms with Crippen LogP contribution in [0.4, 0.5) is 0 Å². The van der Waals surface area contributed by atoms with Crippen LogP contribution in [0, 0.1) is 5.92 Å². The molecule has 0 aliphatic carbocycles. The van der Waals surface area contributed by atoms with Crippen molar-refractivity contribution in [1.82, 2.24) is 9.88 Å². The van der Waals surface area contributed by atoms with Crippen LogP contribution >= 0.6 is 11.8 Å². The minimum absolute atomic E-state index is 0.129. The van der Waals surface area contributed by atoms with E-state index < -0.39 is 22.7 Å². The van der Waals surface area contributed by atoms with Crippen LogP contribution in [0.15, 0.2) is 24.5 Å². The molecule has 2 saturated heterocycles. The number of carbonyl (C=O) groups excluding carboxylic acids is 1. The minimum atomic E-state index is -1.17. The highest BCUT2D eigenvalue weighted by Gasteiger charge is 2.63. The molecular weight excluding hydrogens is 280 g/mol. The van der Waals surface area contributed by atoms with Gasteiger partial charge in [-0.05, 0) is 24.6 Å². The van der Waals surface area contributed by atoms with Crippen LogP contribution < -0.4 is 0 Å². The molecule has 2 aliphatic rings.